The van der Waals surface area contributed by atoms with E-state index in [0.29, 0.717) is 18.2 Å². The summed E-state index contributed by atoms with van der Waals surface area (Å²) in [6, 6.07) is 0.715. The summed E-state index contributed by atoms with van der Waals surface area (Å²) in [6.45, 7) is 5.32. The Morgan fingerprint density at radius 3 is 2.64 bits per heavy atom. The predicted molar refractivity (Wildman–Crippen MR) is 59.3 cm³/mol. The van der Waals surface area contributed by atoms with E-state index in [4.69, 9.17) is 0 Å². The van der Waals surface area contributed by atoms with Gasteiger partial charge in [0.05, 0.1) is 0 Å². The van der Waals surface area contributed by atoms with Gasteiger partial charge in [0.1, 0.15) is 5.78 Å². The first-order valence-corrected chi connectivity index (χ1v) is 5.87. The van der Waals surface area contributed by atoms with Crippen LogP contribution in [0.5, 0.6) is 0 Å². The van der Waals surface area contributed by atoms with E-state index in [1.807, 2.05) is 6.92 Å². The fourth-order valence-electron chi connectivity index (χ4n) is 1.84. The van der Waals surface area contributed by atoms with E-state index in [0.717, 1.165) is 25.3 Å². The number of carbonyl (C=O) groups is 1. The molecule has 1 fully saturated rings. The van der Waals surface area contributed by atoms with Gasteiger partial charge in [0.25, 0.3) is 0 Å². The van der Waals surface area contributed by atoms with Crippen molar-refractivity contribution in [2.24, 2.45) is 5.92 Å². The van der Waals surface area contributed by atoms with E-state index in [1.165, 1.54) is 12.8 Å². The molecule has 2 heteroatoms. The number of ketones is 1. The number of carbonyl (C=O) groups excluding carboxylic acids is 1. The smallest absolute Gasteiger partial charge is 0.132 e. The van der Waals surface area contributed by atoms with Crippen LogP contribution in [0.2, 0.25) is 0 Å². The highest BCUT2D eigenvalue weighted by atomic mass is 16.1. The molecule has 2 nitrogen and oxygen atoms in total. The first-order chi connectivity index (χ1) is 6.65. The van der Waals surface area contributed by atoms with Gasteiger partial charge >= 0.3 is 0 Å². The molecule has 0 aromatic heterocycles. The Morgan fingerprint density at radius 1 is 1.50 bits per heavy atom. The SMILES string of the molecule is CCC(=O)CCCN(C)C(C)C1CC1. The maximum Gasteiger partial charge on any atom is 0.132 e. The number of rotatable bonds is 7. The van der Waals surface area contributed by atoms with Crippen LogP contribution in [0.1, 0.15) is 46.0 Å². The van der Waals surface area contributed by atoms with Gasteiger partial charge in [0.2, 0.25) is 0 Å². The first-order valence-electron chi connectivity index (χ1n) is 5.87. The van der Waals surface area contributed by atoms with Gasteiger partial charge in [-0.15, -0.1) is 0 Å². The van der Waals surface area contributed by atoms with Crippen LogP contribution in [0, 0.1) is 5.92 Å². The molecule has 82 valence electrons. The molecule has 0 bridgehead atoms. The van der Waals surface area contributed by atoms with Crippen LogP contribution in [-0.4, -0.2) is 30.3 Å². The average molecular weight is 197 g/mol. The summed E-state index contributed by atoms with van der Waals surface area (Å²) < 4.78 is 0. The molecule has 14 heavy (non-hydrogen) atoms. The molecular formula is C12H23NO. The highest BCUT2D eigenvalue weighted by Crippen LogP contribution is 2.34. The molecule has 0 heterocycles. The highest BCUT2D eigenvalue weighted by Gasteiger charge is 2.29. The second-order valence-electron chi connectivity index (χ2n) is 4.55. The van der Waals surface area contributed by atoms with Crippen molar-refractivity contribution in [1.29, 1.82) is 0 Å². The van der Waals surface area contributed by atoms with Crippen molar-refractivity contribution in [2.75, 3.05) is 13.6 Å². The molecule has 0 spiro atoms. The monoisotopic (exact) mass is 197 g/mol. The molecule has 0 radical (unpaired) electrons. The Labute approximate surface area is 87.7 Å². The molecule has 1 saturated carbocycles. The van der Waals surface area contributed by atoms with Crippen molar-refractivity contribution in [1.82, 2.24) is 4.90 Å². The van der Waals surface area contributed by atoms with Crippen molar-refractivity contribution < 1.29 is 4.79 Å². The molecule has 0 aliphatic heterocycles. The van der Waals surface area contributed by atoms with Crippen molar-refractivity contribution in [3.8, 4) is 0 Å². The number of nitrogens with zero attached hydrogens (tertiary/aromatic N) is 1. The minimum absolute atomic E-state index is 0.400. The number of hydrogen-bond donors (Lipinski definition) is 0. The lowest BCUT2D eigenvalue weighted by molar-refractivity contribution is -0.118. The van der Waals surface area contributed by atoms with E-state index >= 15 is 0 Å². The van der Waals surface area contributed by atoms with Crippen LogP contribution in [0.25, 0.3) is 0 Å². The first kappa shape index (κ1) is 11.7. The van der Waals surface area contributed by atoms with Crippen LogP contribution < -0.4 is 0 Å². The maximum absolute atomic E-state index is 11.1. The molecule has 1 aliphatic carbocycles. The van der Waals surface area contributed by atoms with Crippen LogP contribution in [0.3, 0.4) is 0 Å². The van der Waals surface area contributed by atoms with E-state index in [1.54, 1.807) is 0 Å². The number of Topliss-reactive ketones (excluding diaryl/α,β-unsaturated/α-hetero) is 1. The Balaban J connectivity index is 2.07. The van der Waals surface area contributed by atoms with E-state index in [-0.39, 0.29) is 0 Å². The minimum Gasteiger partial charge on any atom is -0.303 e. The third-order valence-electron chi connectivity index (χ3n) is 3.36. The lowest BCUT2D eigenvalue weighted by Gasteiger charge is -2.24. The summed E-state index contributed by atoms with van der Waals surface area (Å²) in [6.07, 6.45) is 5.29. The molecule has 0 N–H and O–H groups in total. The molecule has 0 aromatic rings. The van der Waals surface area contributed by atoms with Crippen molar-refractivity contribution in [2.45, 2.75) is 52.0 Å². The summed E-state index contributed by atoms with van der Waals surface area (Å²) in [5, 5.41) is 0. The molecule has 1 aliphatic rings. The van der Waals surface area contributed by atoms with Crippen molar-refractivity contribution in [3.05, 3.63) is 0 Å². The Kier molecular flexibility index (Phi) is 4.59. The molecular weight excluding hydrogens is 174 g/mol. The van der Waals surface area contributed by atoms with Gasteiger partial charge < -0.3 is 4.90 Å². The van der Waals surface area contributed by atoms with Crippen molar-refractivity contribution >= 4 is 5.78 Å². The third kappa shape index (κ3) is 3.79. The Bertz CT molecular complexity index is 187. The fourth-order valence-corrected chi connectivity index (χ4v) is 1.84. The summed E-state index contributed by atoms with van der Waals surface area (Å²) in [4.78, 5) is 13.5. The van der Waals surface area contributed by atoms with E-state index in [9.17, 15) is 4.79 Å². The molecule has 0 aromatic carbocycles. The van der Waals surface area contributed by atoms with Gasteiger partial charge in [0, 0.05) is 18.9 Å². The second kappa shape index (κ2) is 5.50. The quantitative estimate of drug-likeness (QED) is 0.625. The number of hydrogen-bond acceptors (Lipinski definition) is 2. The lowest BCUT2D eigenvalue weighted by Crippen LogP contribution is -2.31. The fraction of sp³-hybridized carbons (Fsp3) is 0.917. The van der Waals surface area contributed by atoms with Gasteiger partial charge in [-0.3, -0.25) is 4.79 Å². The standard InChI is InChI=1S/C12H23NO/c1-4-12(14)6-5-9-13(3)10(2)11-7-8-11/h10-11H,4-9H2,1-3H3. The summed E-state index contributed by atoms with van der Waals surface area (Å²) in [5.41, 5.74) is 0. The van der Waals surface area contributed by atoms with Gasteiger partial charge in [-0.1, -0.05) is 6.92 Å². The average Bonchev–Trinajstić information content (AvgIpc) is 2.99. The predicted octanol–water partition coefficient (Wildman–Crippen LogP) is 2.48. The molecule has 1 unspecified atom stereocenters. The maximum atomic E-state index is 11.1. The summed E-state index contributed by atoms with van der Waals surface area (Å²) in [7, 11) is 2.18. The molecule has 0 amide bonds. The zero-order valence-electron chi connectivity index (χ0n) is 9.75. The zero-order valence-corrected chi connectivity index (χ0v) is 9.75. The normalized spacial score (nSPS) is 18.6. The van der Waals surface area contributed by atoms with Crippen LogP contribution in [0.4, 0.5) is 0 Å². The van der Waals surface area contributed by atoms with Gasteiger partial charge in [-0.05, 0) is 45.7 Å². The van der Waals surface area contributed by atoms with E-state index in [2.05, 4.69) is 18.9 Å². The Hall–Kier alpha value is -0.370. The summed E-state index contributed by atoms with van der Waals surface area (Å²) in [5.74, 6) is 1.33. The van der Waals surface area contributed by atoms with Gasteiger partial charge in [0.15, 0.2) is 0 Å². The lowest BCUT2D eigenvalue weighted by atomic mass is 10.1. The van der Waals surface area contributed by atoms with E-state index < -0.39 is 0 Å². The molecule has 0 saturated heterocycles. The van der Waals surface area contributed by atoms with Gasteiger partial charge in [-0.25, -0.2) is 0 Å². The van der Waals surface area contributed by atoms with Crippen LogP contribution in [-0.2, 0) is 4.79 Å². The topological polar surface area (TPSA) is 20.3 Å². The molecule has 1 rings (SSSR count). The van der Waals surface area contributed by atoms with Crippen molar-refractivity contribution in [3.63, 3.8) is 0 Å². The van der Waals surface area contributed by atoms with Crippen LogP contribution >= 0.6 is 0 Å². The zero-order chi connectivity index (χ0) is 10.6. The van der Waals surface area contributed by atoms with Gasteiger partial charge in [-0.2, -0.15) is 0 Å². The Morgan fingerprint density at radius 2 is 2.14 bits per heavy atom. The second-order valence-corrected chi connectivity index (χ2v) is 4.55. The highest BCUT2D eigenvalue weighted by molar-refractivity contribution is 5.77. The van der Waals surface area contributed by atoms with Crippen LogP contribution in [0.15, 0.2) is 0 Å². The summed E-state index contributed by atoms with van der Waals surface area (Å²) >= 11 is 0. The third-order valence-corrected chi connectivity index (χ3v) is 3.36. The largest absolute Gasteiger partial charge is 0.303 e. The minimum atomic E-state index is 0.400. The molecule has 1 atom stereocenters.